The molecule has 1 atom stereocenters. The minimum absolute atomic E-state index is 0. The van der Waals surface area contributed by atoms with E-state index in [1.54, 1.807) is 0 Å². The maximum absolute atomic E-state index is 4.37. The monoisotopic (exact) mass is 458 g/mol. The molecule has 1 fully saturated rings. The van der Waals surface area contributed by atoms with Crippen molar-refractivity contribution in [3.63, 3.8) is 0 Å². The van der Waals surface area contributed by atoms with Crippen molar-refractivity contribution in [2.45, 2.75) is 39.0 Å². The number of halogens is 1. The van der Waals surface area contributed by atoms with Gasteiger partial charge in [0.25, 0.3) is 0 Å². The van der Waals surface area contributed by atoms with Crippen molar-refractivity contribution >= 4 is 29.9 Å². The first-order chi connectivity index (χ1) is 11.7. The maximum atomic E-state index is 4.37. The van der Waals surface area contributed by atoms with Crippen LogP contribution in [0.4, 0.5) is 0 Å². The van der Waals surface area contributed by atoms with Gasteiger partial charge in [-0.05, 0) is 56.3 Å². The first-order valence-electron chi connectivity index (χ1n) is 9.44. The average Bonchev–Trinajstić information content (AvgIpc) is 2.64. The van der Waals surface area contributed by atoms with E-state index in [-0.39, 0.29) is 24.0 Å². The van der Waals surface area contributed by atoms with Gasteiger partial charge in [0.15, 0.2) is 5.96 Å². The van der Waals surface area contributed by atoms with Gasteiger partial charge in [-0.1, -0.05) is 44.2 Å². The Morgan fingerprint density at radius 2 is 1.88 bits per heavy atom. The van der Waals surface area contributed by atoms with Gasteiger partial charge in [0, 0.05) is 20.1 Å². The van der Waals surface area contributed by atoms with Crippen LogP contribution in [0.5, 0.6) is 0 Å². The van der Waals surface area contributed by atoms with Gasteiger partial charge >= 0.3 is 0 Å². The zero-order chi connectivity index (χ0) is 17.2. The number of nitrogens with zero attached hydrogens (tertiary/aromatic N) is 2. The predicted molar refractivity (Wildman–Crippen MR) is 119 cm³/mol. The van der Waals surface area contributed by atoms with Crippen molar-refractivity contribution in [2.75, 3.05) is 39.8 Å². The number of nitrogens with one attached hydrogen (secondary N) is 2. The second kappa shape index (κ2) is 12.5. The molecule has 0 spiro atoms. The van der Waals surface area contributed by atoms with Crippen molar-refractivity contribution in [3.8, 4) is 0 Å². The summed E-state index contributed by atoms with van der Waals surface area (Å²) in [4.78, 5) is 6.95. The maximum Gasteiger partial charge on any atom is 0.191 e. The predicted octanol–water partition coefficient (Wildman–Crippen LogP) is 3.70. The van der Waals surface area contributed by atoms with E-state index in [0.717, 1.165) is 25.0 Å². The third kappa shape index (κ3) is 7.94. The summed E-state index contributed by atoms with van der Waals surface area (Å²) < 4.78 is 0. The van der Waals surface area contributed by atoms with E-state index in [2.05, 4.69) is 64.7 Å². The standard InChI is InChI=1S/C20H34N4.HI/c1-4-12-24-13-10-18(11-14-24)16-23-20(21-3)22-15-17(2)19-8-6-5-7-9-19;/h5-9,17-18H,4,10-16H2,1-3H3,(H2,21,22,23);1H. The molecule has 1 aromatic rings. The fourth-order valence-electron chi connectivity index (χ4n) is 3.34. The summed E-state index contributed by atoms with van der Waals surface area (Å²) in [6, 6.07) is 10.6. The number of rotatable bonds is 7. The van der Waals surface area contributed by atoms with Crippen LogP contribution in [0.1, 0.15) is 44.6 Å². The highest BCUT2D eigenvalue weighted by atomic mass is 127. The molecule has 4 nitrogen and oxygen atoms in total. The summed E-state index contributed by atoms with van der Waals surface area (Å²) in [7, 11) is 1.85. The molecule has 1 saturated heterocycles. The van der Waals surface area contributed by atoms with Gasteiger partial charge in [0.1, 0.15) is 0 Å². The van der Waals surface area contributed by atoms with Gasteiger partial charge < -0.3 is 15.5 Å². The quantitative estimate of drug-likeness (QED) is 0.372. The topological polar surface area (TPSA) is 39.7 Å². The second-order valence-electron chi connectivity index (χ2n) is 6.93. The van der Waals surface area contributed by atoms with Gasteiger partial charge in [-0.25, -0.2) is 0 Å². The Morgan fingerprint density at radius 3 is 2.48 bits per heavy atom. The van der Waals surface area contributed by atoms with Crippen LogP contribution in [-0.2, 0) is 0 Å². The molecule has 0 saturated carbocycles. The highest BCUT2D eigenvalue weighted by Gasteiger charge is 2.18. The van der Waals surface area contributed by atoms with Crippen molar-refractivity contribution in [3.05, 3.63) is 35.9 Å². The normalized spacial score (nSPS) is 17.6. The molecule has 0 amide bonds. The zero-order valence-electron chi connectivity index (χ0n) is 16.0. The molecule has 5 heteroatoms. The molecule has 2 rings (SSSR count). The molecule has 0 aromatic heterocycles. The van der Waals surface area contributed by atoms with E-state index in [1.807, 2.05) is 7.05 Å². The molecule has 0 aliphatic carbocycles. The van der Waals surface area contributed by atoms with Crippen LogP contribution in [0, 0.1) is 5.92 Å². The molecule has 142 valence electrons. The summed E-state index contributed by atoms with van der Waals surface area (Å²) in [5, 5.41) is 6.98. The Morgan fingerprint density at radius 1 is 1.20 bits per heavy atom. The fraction of sp³-hybridized carbons (Fsp3) is 0.650. The molecule has 1 aromatic carbocycles. The van der Waals surface area contributed by atoms with Crippen LogP contribution in [0.25, 0.3) is 0 Å². The first kappa shape index (κ1) is 22.2. The minimum Gasteiger partial charge on any atom is -0.356 e. The summed E-state index contributed by atoms with van der Waals surface area (Å²) in [5.74, 6) is 2.17. The lowest BCUT2D eigenvalue weighted by Gasteiger charge is -2.32. The van der Waals surface area contributed by atoms with Crippen LogP contribution >= 0.6 is 24.0 Å². The molecule has 0 radical (unpaired) electrons. The van der Waals surface area contributed by atoms with Crippen LogP contribution in [0.3, 0.4) is 0 Å². The molecular weight excluding hydrogens is 423 g/mol. The summed E-state index contributed by atoms with van der Waals surface area (Å²) in [6.07, 6.45) is 3.86. The van der Waals surface area contributed by atoms with Crippen molar-refractivity contribution in [2.24, 2.45) is 10.9 Å². The van der Waals surface area contributed by atoms with Gasteiger partial charge in [-0.15, -0.1) is 24.0 Å². The van der Waals surface area contributed by atoms with Gasteiger partial charge in [0.2, 0.25) is 0 Å². The molecule has 1 aliphatic heterocycles. The second-order valence-corrected chi connectivity index (χ2v) is 6.93. The van der Waals surface area contributed by atoms with Crippen LogP contribution < -0.4 is 10.6 Å². The molecule has 1 aliphatic rings. The van der Waals surface area contributed by atoms with E-state index in [9.17, 15) is 0 Å². The minimum atomic E-state index is 0. The largest absolute Gasteiger partial charge is 0.356 e. The smallest absolute Gasteiger partial charge is 0.191 e. The number of hydrogen-bond acceptors (Lipinski definition) is 2. The van der Waals surface area contributed by atoms with Crippen LogP contribution in [-0.4, -0.2) is 50.6 Å². The molecule has 25 heavy (non-hydrogen) atoms. The number of piperidine rings is 1. The number of aliphatic imine (C=N–C) groups is 1. The van der Waals surface area contributed by atoms with Gasteiger partial charge in [-0.2, -0.15) is 0 Å². The van der Waals surface area contributed by atoms with Crippen LogP contribution in [0.15, 0.2) is 35.3 Å². The van der Waals surface area contributed by atoms with Crippen molar-refractivity contribution < 1.29 is 0 Å². The van der Waals surface area contributed by atoms with E-state index in [0.29, 0.717) is 5.92 Å². The molecular formula is C20H35IN4. The first-order valence-corrected chi connectivity index (χ1v) is 9.44. The van der Waals surface area contributed by atoms with Gasteiger partial charge in [0.05, 0.1) is 0 Å². The Bertz CT molecular complexity index is 484. The lowest BCUT2D eigenvalue weighted by atomic mass is 9.97. The highest BCUT2D eigenvalue weighted by Crippen LogP contribution is 2.16. The lowest BCUT2D eigenvalue weighted by molar-refractivity contribution is 0.185. The SMILES string of the molecule is CCCN1CCC(CNC(=NC)NCC(C)c2ccccc2)CC1.I. The number of benzene rings is 1. The summed E-state index contributed by atoms with van der Waals surface area (Å²) >= 11 is 0. The van der Waals surface area contributed by atoms with Crippen molar-refractivity contribution in [1.82, 2.24) is 15.5 Å². The molecule has 0 bridgehead atoms. The number of guanidine groups is 1. The number of likely N-dealkylation sites (tertiary alicyclic amines) is 1. The lowest BCUT2D eigenvalue weighted by Crippen LogP contribution is -2.43. The highest BCUT2D eigenvalue weighted by molar-refractivity contribution is 14.0. The third-order valence-electron chi connectivity index (χ3n) is 4.97. The Kier molecular flexibility index (Phi) is 11.1. The van der Waals surface area contributed by atoms with E-state index in [4.69, 9.17) is 0 Å². The Labute approximate surface area is 170 Å². The number of hydrogen-bond donors (Lipinski definition) is 2. The van der Waals surface area contributed by atoms with E-state index < -0.39 is 0 Å². The zero-order valence-corrected chi connectivity index (χ0v) is 18.3. The van der Waals surface area contributed by atoms with Crippen molar-refractivity contribution in [1.29, 1.82) is 0 Å². The summed E-state index contributed by atoms with van der Waals surface area (Å²) in [6.45, 7) is 10.2. The van der Waals surface area contributed by atoms with E-state index >= 15 is 0 Å². The van der Waals surface area contributed by atoms with Gasteiger partial charge in [-0.3, -0.25) is 4.99 Å². The average molecular weight is 458 g/mol. The summed E-state index contributed by atoms with van der Waals surface area (Å²) in [5.41, 5.74) is 1.36. The Balaban J connectivity index is 0.00000312. The molecule has 1 unspecified atom stereocenters. The molecule has 1 heterocycles. The third-order valence-corrected chi connectivity index (χ3v) is 4.97. The van der Waals surface area contributed by atoms with E-state index in [1.165, 1.54) is 44.5 Å². The molecule has 2 N–H and O–H groups in total. The van der Waals surface area contributed by atoms with Crippen LogP contribution in [0.2, 0.25) is 0 Å². The fourth-order valence-corrected chi connectivity index (χ4v) is 3.34. The Hall–Kier alpha value is -0.820.